The van der Waals surface area contributed by atoms with Crippen molar-refractivity contribution in [3.05, 3.63) is 12.2 Å². The van der Waals surface area contributed by atoms with Crippen molar-refractivity contribution >= 4 is 0 Å². The zero-order chi connectivity index (χ0) is 12.4. The smallest absolute Gasteiger partial charge is 0.143 e. The monoisotopic (exact) mass is 253 g/mol. The fourth-order valence-corrected chi connectivity index (χ4v) is 3.02. The summed E-state index contributed by atoms with van der Waals surface area (Å²) >= 11 is 0. The second-order valence-corrected chi connectivity index (χ2v) is 5.10. The van der Waals surface area contributed by atoms with Crippen LogP contribution in [0, 0.1) is 5.92 Å². The van der Waals surface area contributed by atoms with E-state index in [-0.39, 0.29) is 11.6 Å². The molecule has 2 saturated heterocycles. The Morgan fingerprint density at radius 1 is 1.56 bits per heavy atom. The van der Waals surface area contributed by atoms with E-state index in [1.54, 1.807) is 0 Å². The van der Waals surface area contributed by atoms with Gasteiger partial charge in [-0.15, -0.1) is 0 Å². The zero-order valence-corrected chi connectivity index (χ0v) is 10.3. The van der Waals surface area contributed by atoms with Gasteiger partial charge in [-0.2, -0.15) is 5.10 Å². The summed E-state index contributed by atoms with van der Waals surface area (Å²) in [5.41, 5.74) is 2.74. The SMILES string of the molecule is NNC(c1ncn[nH]1)C1CCOC2(CCOC2)C1. The summed E-state index contributed by atoms with van der Waals surface area (Å²) < 4.78 is 11.4. The average molecular weight is 253 g/mol. The molecular weight excluding hydrogens is 234 g/mol. The molecule has 1 spiro atoms. The fourth-order valence-electron chi connectivity index (χ4n) is 3.02. The number of rotatable bonds is 3. The van der Waals surface area contributed by atoms with Crippen molar-refractivity contribution in [1.82, 2.24) is 20.6 Å². The Morgan fingerprint density at radius 2 is 2.50 bits per heavy atom. The maximum absolute atomic E-state index is 5.93. The van der Waals surface area contributed by atoms with Crippen molar-refractivity contribution in [3.63, 3.8) is 0 Å². The normalized spacial score (nSPS) is 33.9. The third-order valence-electron chi connectivity index (χ3n) is 3.98. The van der Waals surface area contributed by atoms with Crippen LogP contribution in [0.2, 0.25) is 0 Å². The third-order valence-corrected chi connectivity index (χ3v) is 3.98. The Labute approximate surface area is 105 Å². The van der Waals surface area contributed by atoms with Crippen molar-refractivity contribution in [3.8, 4) is 0 Å². The van der Waals surface area contributed by atoms with Gasteiger partial charge in [0.1, 0.15) is 12.2 Å². The number of aromatic amines is 1. The second-order valence-electron chi connectivity index (χ2n) is 5.10. The van der Waals surface area contributed by atoms with Gasteiger partial charge in [0.15, 0.2) is 0 Å². The molecule has 3 rings (SSSR count). The lowest BCUT2D eigenvalue weighted by atomic mass is 9.81. The number of aromatic nitrogens is 3. The molecule has 2 aliphatic rings. The summed E-state index contributed by atoms with van der Waals surface area (Å²) in [6, 6.07) is -0.00567. The molecule has 0 aliphatic carbocycles. The number of nitrogens with one attached hydrogen (secondary N) is 2. The van der Waals surface area contributed by atoms with Gasteiger partial charge in [0.25, 0.3) is 0 Å². The predicted octanol–water partition coefficient (Wildman–Crippen LogP) is -0.105. The standard InChI is InChI=1S/C11H19N5O2/c12-15-9(10-13-7-14-16-10)8-1-3-18-11(5-8)2-4-17-6-11/h7-9,15H,1-6,12H2,(H,13,14,16). The minimum absolute atomic E-state index is 0.00567. The highest BCUT2D eigenvalue weighted by Crippen LogP contribution is 2.39. The van der Waals surface area contributed by atoms with Crippen LogP contribution in [0.1, 0.15) is 31.1 Å². The summed E-state index contributed by atoms with van der Waals surface area (Å²) in [6.07, 6.45) is 4.39. The molecule has 4 N–H and O–H groups in total. The summed E-state index contributed by atoms with van der Waals surface area (Å²) in [4.78, 5) is 4.20. The molecule has 0 aromatic carbocycles. The van der Waals surface area contributed by atoms with Crippen LogP contribution >= 0.6 is 0 Å². The van der Waals surface area contributed by atoms with E-state index in [1.807, 2.05) is 0 Å². The van der Waals surface area contributed by atoms with Crippen LogP contribution in [-0.4, -0.2) is 40.6 Å². The molecule has 0 amide bonds. The van der Waals surface area contributed by atoms with Gasteiger partial charge in [0, 0.05) is 19.6 Å². The highest BCUT2D eigenvalue weighted by molar-refractivity contribution is 4.99. The molecule has 2 fully saturated rings. The predicted molar refractivity (Wildman–Crippen MR) is 63.3 cm³/mol. The Balaban J connectivity index is 1.74. The molecule has 1 aromatic rings. The number of hydrogen-bond acceptors (Lipinski definition) is 6. The molecule has 0 radical (unpaired) electrons. The molecule has 0 bridgehead atoms. The Hall–Kier alpha value is -1.02. The number of ether oxygens (including phenoxy) is 2. The first kappa shape index (κ1) is 12.0. The highest BCUT2D eigenvalue weighted by atomic mass is 16.6. The summed E-state index contributed by atoms with van der Waals surface area (Å²) in [5, 5.41) is 6.78. The molecule has 7 nitrogen and oxygen atoms in total. The van der Waals surface area contributed by atoms with Crippen LogP contribution in [0.4, 0.5) is 0 Å². The Morgan fingerprint density at radius 3 is 3.17 bits per heavy atom. The summed E-state index contributed by atoms with van der Waals surface area (Å²) in [6.45, 7) is 2.23. The van der Waals surface area contributed by atoms with Gasteiger partial charge in [-0.05, 0) is 18.8 Å². The molecule has 3 heterocycles. The number of hydrazine groups is 1. The van der Waals surface area contributed by atoms with Crippen molar-refractivity contribution < 1.29 is 9.47 Å². The molecule has 0 saturated carbocycles. The van der Waals surface area contributed by atoms with Crippen LogP contribution < -0.4 is 11.3 Å². The first-order valence-electron chi connectivity index (χ1n) is 6.36. The fraction of sp³-hybridized carbons (Fsp3) is 0.818. The van der Waals surface area contributed by atoms with E-state index in [0.717, 1.165) is 38.3 Å². The van der Waals surface area contributed by atoms with Crippen LogP contribution in [0.25, 0.3) is 0 Å². The van der Waals surface area contributed by atoms with E-state index in [1.165, 1.54) is 6.33 Å². The van der Waals surface area contributed by atoms with Gasteiger partial charge in [0.2, 0.25) is 0 Å². The quantitative estimate of drug-likeness (QED) is 0.514. The van der Waals surface area contributed by atoms with Crippen LogP contribution in [-0.2, 0) is 9.47 Å². The maximum atomic E-state index is 5.93. The molecule has 3 unspecified atom stereocenters. The van der Waals surface area contributed by atoms with Gasteiger partial charge in [-0.25, -0.2) is 10.4 Å². The number of nitrogens with zero attached hydrogens (tertiary/aromatic N) is 2. The number of hydrogen-bond donors (Lipinski definition) is 3. The Kier molecular flexibility index (Phi) is 3.29. The van der Waals surface area contributed by atoms with Crippen molar-refractivity contribution in [2.24, 2.45) is 11.8 Å². The van der Waals surface area contributed by atoms with Crippen molar-refractivity contribution in [1.29, 1.82) is 0 Å². The molecule has 2 aliphatic heterocycles. The molecular formula is C11H19N5O2. The topological polar surface area (TPSA) is 98.1 Å². The highest BCUT2D eigenvalue weighted by Gasteiger charge is 2.43. The first-order chi connectivity index (χ1) is 8.83. The van der Waals surface area contributed by atoms with E-state index >= 15 is 0 Å². The number of nitrogens with two attached hydrogens (primary N) is 1. The lowest BCUT2D eigenvalue weighted by molar-refractivity contribution is -0.103. The molecule has 100 valence electrons. The van der Waals surface area contributed by atoms with Gasteiger partial charge < -0.3 is 9.47 Å². The first-order valence-corrected chi connectivity index (χ1v) is 6.36. The van der Waals surface area contributed by atoms with Gasteiger partial charge in [-0.1, -0.05) is 0 Å². The number of H-pyrrole nitrogens is 1. The van der Waals surface area contributed by atoms with E-state index in [4.69, 9.17) is 15.3 Å². The van der Waals surface area contributed by atoms with E-state index in [0.29, 0.717) is 12.5 Å². The average Bonchev–Trinajstić information content (AvgIpc) is 3.03. The minimum atomic E-state index is -0.113. The second kappa shape index (κ2) is 4.93. The van der Waals surface area contributed by atoms with Crippen LogP contribution in [0.5, 0.6) is 0 Å². The lowest BCUT2D eigenvalue weighted by Gasteiger charge is -2.39. The zero-order valence-electron chi connectivity index (χ0n) is 10.3. The van der Waals surface area contributed by atoms with Crippen LogP contribution in [0.15, 0.2) is 6.33 Å². The molecule has 1 aromatic heterocycles. The van der Waals surface area contributed by atoms with Gasteiger partial charge in [-0.3, -0.25) is 10.9 Å². The molecule has 18 heavy (non-hydrogen) atoms. The summed E-state index contributed by atoms with van der Waals surface area (Å²) in [5.74, 6) is 6.85. The third kappa shape index (κ3) is 2.14. The molecule has 7 heteroatoms. The summed E-state index contributed by atoms with van der Waals surface area (Å²) in [7, 11) is 0. The van der Waals surface area contributed by atoms with E-state index in [2.05, 4.69) is 20.6 Å². The van der Waals surface area contributed by atoms with Crippen molar-refractivity contribution in [2.45, 2.75) is 30.9 Å². The maximum Gasteiger partial charge on any atom is 0.143 e. The largest absolute Gasteiger partial charge is 0.378 e. The van der Waals surface area contributed by atoms with Crippen molar-refractivity contribution in [2.75, 3.05) is 19.8 Å². The van der Waals surface area contributed by atoms with Crippen LogP contribution in [0.3, 0.4) is 0 Å². The van der Waals surface area contributed by atoms with E-state index < -0.39 is 0 Å². The Bertz CT molecular complexity index is 377. The van der Waals surface area contributed by atoms with Gasteiger partial charge >= 0.3 is 0 Å². The minimum Gasteiger partial charge on any atom is -0.378 e. The van der Waals surface area contributed by atoms with Gasteiger partial charge in [0.05, 0.1) is 18.2 Å². The molecule has 3 atom stereocenters. The van der Waals surface area contributed by atoms with E-state index in [9.17, 15) is 0 Å². The lowest BCUT2D eigenvalue weighted by Crippen LogP contribution is -2.45.